The van der Waals surface area contributed by atoms with Crippen molar-refractivity contribution in [2.75, 3.05) is 33.4 Å². The van der Waals surface area contributed by atoms with Gasteiger partial charge in [0, 0.05) is 19.5 Å². The number of benzene rings is 2. The molecular weight excluding hydrogens is 452 g/mol. The molecule has 0 aromatic heterocycles. The van der Waals surface area contributed by atoms with Gasteiger partial charge in [-0.15, -0.1) is 0 Å². The van der Waals surface area contributed by atoms with Gasteiger partial charge in [0.1, 0.15) is 5.75 Å². The molecule has 34 heavy (non-hydrogen) atoms. The molecule has 0 bridgehead atoms. The zero-order valence-electron chi connectivity index (χ0n) is 20.8. The van der Waals surface area contributed by atoms with Crippen LogP contribution in [0.1, 0.15) is 56.8 Å². The maximum absolute atomic E-state index is 13.0. The van der Waals surface area contributed by atoms with Crippen molar-refractivity contribution >= 4 is 15.9 Å². The molecule has 1 saturated heterocycles. The highest BCUT2D eigenvalue weighted by Crippen LogP contribution is 2.27. The lowest BCUT2D eigenvalue weighted by Crippen LogP contribution is -2.40. The summed E-state index contributed by atoms with van der Waals surface area (Å²) >= 11 is 0. The van der Waals surface area contributed by atoms with Gasteiger partial charge < -0.3 is 14.8 Å². The highest BCUT2D eigenvalue weighted by atomic mass is 32.2. The smallest absolute Gasteiger partial charge is 0.243 e. The number of hydrogen-bond donors (Lipinski definition) is 1. The van der Waals surface area contributed by atoms with Crippen LogP contribution in [-0.2, 0) is 31.4 Å². The first-order valence-electron chi connectivity index (χ1n) is 11.7. The number of morpholine rings is 1. The Labute approximate surface area is 203 Å². The Morgan fingerprint density at radius 1 is 1.12 bits per heavy atom. The van der Waals surface area contributed by atoms with E-state index < -0.39 is 10.0 Å². The van der Waals surface area contributed by atoms with E-state index in [4.69, 9.17) is 9.47 Å². The van der Waals surface area contributed by atoms with Gasteiger partial charge in [-0.3, -0.25) is 4.79 Å². The molecule has 7 nitrogen and oxygen atoms in total. The van der Waals surface area contributed by atoms with Crippen LogP contribution in [0.3, 0.4) is 0 Å². The van der Waals surface area contributed by atoms with Crippen molar-refractivity contribution in [3.8, 4) is 5.75 Å². The summed E-state index contributed by atoms with van der Waals surface area (Å²) in [5.41, 5.74) is 3.05. The van der Waals surface area contributed by atoms with Crippen LogP contribution in [0, 0.1) is 0 Å². The van der Waals surface area contributed by atoms with Crippen LogP contribution in [0.2, 0.25) is 0 Å². The van der Waals surface area contributed by atoms with Gasteiger partial charge in [0.15, 0.2) is 0 Å². The van der Waals surface area contributed by atoms with Crippen LogP contribution in [0.4, 0.5) is 0 Å². The third-order valence-corrected chi connectivity index (χ3v) is 8.03. The maximum atomic E-state index is 13.0. The first-order valence-corrected chi connectivity index (χ1v) is 13.1. The van der Waals surface area contributed by atoms with Crippen molar-refractivity contribution in [3.63, 3.8) is 0 Å². The molecule has 1 fully saturated rings. The Bertz CT molecular complexity index is 1090. The predicted molar refractivity (Wildman–Crippen MR) is 133 cm³/mol. The number of sulfonamides is 1. The molecule has 1 heterocycles. The number of nitrogens with one attached hydrogen (secondary N) is 1. The fourth-order valence-corrected chi connectivity index (χ4v) is 5.42. The summed E-state index contributed by atoms with van der Waals surface area (Å²) in [5, 5.41) is 3.04. The summed E-state index contributed by atoms with van der Waals surface area (Å²) in [6.45, 7) is 9.91. The molecule has 1 aliphatic rings. The lowest BCUT2D eigenvalue weighted by Gasteiger charge is -2.26. The number of nitrogens with zero attached hydrogens (tertiary/aromatic N) is 1. The third kappa shape index (κ3) is 6.37. The monoisotopic (exact) mass is 488 g/mol. The van der Waals surface area contributed by atoms with Gasteiger partial charge in [-0.25, -0.2) is 8.42 Å². The molecule has 2 aromatic carbocycles. The van der Waals surface area contributed by atoms with Crippen LogP contribution in [0.15, 0.2) is 47.4 Å². The van der Waals surface area contributed by atoms with Gasteiger partial charge in [-0.2, -0.15) is 4.31 Å². The number of ether oxygens (including phenoxy) is 2. The number of carbonyl (C=O) groups is 1. The van der Waals surface area contributed by atoms with Crippen molar-refractivity contribution in [2.45, 2.75) is 56.9 Å². The van der Waals surface area contributed by atoms with Crippen LogP contribution >= 0.6 is 0 Å². The number of methoxy groups -OCH3 is 1. The highest BCUT2D eigenvalue weighted by Gasteiger charge is 2.27. The van der Waals surface area contributed by atoms with Crippen molar-refractivity contribution in [3.05, 3.63) is 59.2 Å². The third-order valence-electron chi connectivity index (χ3n) is 6.14. The quantitative estimate of drug-likeness (QED) is 0.611. The Balaban J connectivity index is 1.65. The molecular formula is C26H36N2O5S. The molecule has 0 unspecified atom stereocenters. The maximum Gasteiger partial charge on any atom is 0.243 e. The molecule has 0 aliphatic carbocycles. The van der Waals surface area contributed by atoms with Gasteiger partial charge >= 0.3 is 0 Å². The normalized spacial score (nSPS) is 16.1. The Kier molecular flexibility index (Phi) is 8.38. The van der Waals surface area contributed by atoms with Crippen molar-refractivity contribution in [1.29, 1.82) is 0 Å². The second-order valence-electron chi connectivity index (χ2n) is 9.65. The summed E-state index contributed by atoms with van der Waals surface area (Å²) in [4.78, 5) is 12.9. The van der Waals surface area contributed by atoms with Gasteiger partial charge in [0.05, 0.1) is 31.3 Å². The van der Waals surface area contributed by atoms with Gasteiger partial charge in [0.2, 0.25) is 15.9 Å². The fourth-order valence-electron chi connectivity index (χ4n) is 3.96. The molecule has 0 saturated carbocycles. The number of hydrogen-bond acceptors (Lipinski definition) is 5. The molecule has 3 rings (SSSR count). The highest BCUT2D eigenvalue weighted by molar-refractivity contribution is 7.89. The average molecular weight is 489 g/mol. The summed E-state index contributed by atoms with van der Waals surface area (Å²) in [6.07, 6.45) is 0.596. The van der Waals surface area contributed by atoms with E-state index in [0.29, 0.717) is 44.0 Å². The number of aryl methyl sites for hydroxylation is 1. The molecule has 186 valence electrons. The first-order chi connectivity index (χ1) is 16.0. The second kappa shape index (κ2) is 10.9. The van der Waals surface area contributed by atoms with Crippen LogP contribution < -0.4 is 10.1 Å². The summed E-state index contributed by atoms with van der Waals surface area (Å²) < 4.78 is 38.2. The largest absolute Gasteiger partial charge is 0.496 e. The predicted octanol–water partition coefficient (Wildman–Crippen LogP) is 3.82. The van der Waals surface area contributed by atoms with E-state index in [0.717, 1.165) is 5.56 Å². The minimum absolute atomic E-state index is 0.0772. The lowest BCUT2D eigenvalue weighted by atomic mass is 9.86. The molecule has 1 N–H and O–H groups in total. The van der Waals surface area contributed by atoms with E-state index in [1.165, 1.54) is 9.87 Å². The topological polar surface area (TPSA) is 84.9 Å². The molecule has 8 heteroatoms. The molecule has 0 radical (unpaired) electrons. The van der Waals surface area contributed by atoms with E-state index in [1.54, 1.807) is 25.3 Å². The van der Waals surface area contributed by atoms with Crippen LogP contribution in [0.25, 0.3) is 0 Å². The minimum atomic E-state index is -3.62. The fraction of sp³-hybridized carbons (Fsp3) is 0.500. The van der Waals surface area contributed by atoms with Crippen molar-refractivity contribution in [2.24, 2.45) is 0 Å². The lowest BCUT2D eigenvalue weighted by molar-refractivity contribution is -0.121. The van der Waals surface area contributed by atoms with E-state index in [1.807, 2.05) is 6.92 Å². The number of rotatable bonds is 8. The molecule has 1 aliphatic heterocycles. The Morgan fingerprint density at radius 2 is 1.76 bits per heavy atom. The van der Waals surface area contributed by atoms with Crippen LogP contribution in [0.5, 0.6) is 5.75 Å². The second-order valence-corrected chi connectivity index (χ2v) is 11.6. The van der Waals surface area contributed by atoms with Crippen LogP contribution in [-0.4, -0.2) is 52.0 Å². The van der Waals surface area contributed by atoms with Gasteiger partial charge in [-0.1, -0.05) is 45.0 Å². The average Bonchev–Trinajstić information content (AvgIpc) is 2.82. The summed E-state index contributed by atoms with van der Waals surface area (Å²) in [6, 6.07) is 13.0. The standard InChI is InChI=1S/C26H36N2O5S/c1-19(20-6-9-22(10-7-20)26(2,3)4)27-25(29)13-8-21-18-23(11-12-24(21)32-5)34(30,31)28-14-16-33-17-15-28/h6-7,9-12,18-19H,8,13-17H2,1-5H3,(H,27,29)/t19-/m1/s1. The minimum Gasteiger partial charge on any atom is -0.496 e. The molecule has 0 spiro atoms. The SMILES string of the molecule is COc1ccc(S(=O)(=O)N2CCOCC2)cc1CCC(=O)N[C@H](C)c1ccc(C(C)(C)C)cc1. The van der Waals surface area contributed by atoms with Crippen molar-refractivity contribution < 1.29 is 22.7 Å². The Hall–Kier alpha value is -2.42. The molecule has 1 amide bonds. The van der Waals surface area contributed by atoms with Gasteiger partial charge in [0.25, 0.3) is 0 Å². The molecule has 2 aromatic rings. The Morgan fingerprint density at radius 3 is 2.35 bits per heavy atom. The first kappa shape index (κ1) is 26.2. The summed E-state index contributed by atoms with van der Waals surface area (Å²) in [5.74, 6) is 0.468. The summed E-state index contributed by atoms with van der Waals surface area (Å²) in [7, 11) is -2.08. The number of amides is 1. The van der Waals surface area contributed by atoms with Gasteiger partial charge in [-0.05, 0) is 53.6 Å². The van der Waals surface area contributed by atoms with E-state index in [9.17, 15) is 13.2 Å². The van der Waals surface area contributed by atoms with E-state index in [2.05, 4.69) is 50.4 Å². The molecule has 1 atom stereocenters. The van der Waals surface area contributed by atoms with Crippen molar-refractivity contribution in [1.82, 2.24) is 9.62 Å². The van der Waals surface area contributed by atoms with E-state index in [-0.39, 0.29) is 28.7 Å². The van der Waals surface area contributed by atoms with E-state index >= 15 is 0 Å². The number of carbonyl (C=O) groups excluding carboxylic acids is 1. The zero-order chi connectivity index (χ0) is 24.9. The zero-order valence-corrected chi connectivity index (χ0v) is 21.6.